The molecule has 0 amide bonds. The zero-order valence-electron chi connectivity index (χ0n) is 11.4. The van der Waals surface area contributed by atoms with Crippen molar-refractivity contribution in [3.63, 3.8) is 0 Å². The molecule has 1 rings (SSSR count). The number of hydrogen-bond donors (Lipinski definition) is 3. The summed E-state index contributed by atoms with van der Waals surface area (Å²) >= 11 is 0. The molecule has 0 heterocycles. The Morgan fingerprint density at radius 3 is 2.32 bits per heavy atom. The van der Waals surface area contributed by atoms with Crippen molar-refractivity contribution in [2.45, 2.75) is 4.90 Å². The Hall–Kier alpha value is -1.25. The second-order valence-electron chi connectivity index (χ2n) is 4.16. The number of benzene rings is 1. The number of nitrogens with two attached hydrogens (primary N) is 1. The summed E-state index contributed by atoms with van der Waals surface area (Å²) in [5.74, 6) is 3.87. The molecule has 10 nitrogen and oxygen atoms in total. The summed E-state index contributed by atoms with van der Waals surface area (Å²) in [7, 11) is -11.6. The maximum Gasteiger partial charge on any atom is 0.284 e. The molecular formula is C9H15N3O7S3. The highest BCUT2D eigenvalue weighted by Gasteiger charge is 2.17. The molecule has 0 unspecified atom stereocenters. The number of anilines is 1. The first-order chi connectivity index (χ1) is 9.95. The van der Waals surface area contributed by atoms with Crippen LogP contribution in [0.25, 0.3) is 0 Å². The quantitative estimate of drug-likeness (QED) is 0.466. The summed E-state index contributed by atoms with van der Waals surface area (Å²) < 4.78 is 76.0. The molecule has 0 radical (unpaired) electrons. The lowest BCUT2D eigenvalue weighted by Gasteiger charge is -2.09. The summed E-state index contributed by atoms with van der Waals surface area (Å²) in [4.78, 5) is -0.229. The molecule has 0 aromatic heterocycles. The van der Waals surface area contributed by atoms with Crippen molar-refractivity contribution < 1.29 is 29.5 Å². The lowest BCUT2D eigenvalue weighted by molar-refractivity contribution is 0.333. The van der Waals surface area contributed by atoms with E-state index in [1.54, 1.807) is 0 Å². The molecule has 0 fully saturated rings. The molecule has 0 atom stereocenters. The van der Waals surface area contributed by atoms with Crippen molar-refractivity contribution in [1.29, 1.82) is 0 Å². The van der Waals surface area contributed by atoms with Gasteiger partial charge in [-0.2, -0.15) is 18.6 Å². The standard InChI is InChI=1S/C9H15N3O7S3/c1-20(13,14)12-8-3-2-4-9(7-8)22(17,18)11-5-6-21(15,16)19-10/h2-4,7,11-12H,5-6,10H2,1H3. The predicted octanol–water partition coefficient (Wildman–Crippen LogP) is -1.44. The Kier molecular flexibility index (Phi) is 5.89. The van der Waals surface area contributed by atoms with E-state index in [1.807, 2.05) is 4.72 Å². The monoisotopic (exact) mass is 373 g/mol. The third-order valence-electron chi connectivity index (χ3n) is 2.24. The maximum absolute atomic E-state index is 12.0. The fraction of sp³-hybridized carbons (Fsp3) is 0.333. The Morgan fingerprint density at radius 2 is 1.77 bits per heavy atom. The van der Waals surface area contributed by atoms with E-state index in [9.17, 15) is 25.3 Å². The maximum atomic E-state index is 12.0. The van der Waals surface area contributed by atoms with Crippen LogP contribution >= 0.6 is 0 Å². The third kappa shape index (κ3) is 6.25. The van der Waals surface area contributed by atoms with Crippen LogP contribution in [0.2, 0.25) is 0 Å². The van der Waals surface area contributed by atoms with Gasteiger partial charge in [0.15, 0.2) is 0 Å². The highest BCUT2D eigenvalue weighted by atomic mass is 32.2. The molecule has 0 bridgehead atoms. The minimum atomic E-state index is -4.01. The Morgan fingerprint density at radius 1 is 1.14 bits per heavy atom. The zero-order valence-corrected chi connectivity index (χ0v) is 13.8. The van der Waals surface area contributed by atoms with Crippen LogP contribution in [0, 0.1) is 0 Å². The van der Waals surface area contributed by atoms with Crippen molar-refractivity contribution in [2.75, 3.05) is 23.3 Å². The highest BCUT2D eigenvalue weighted by Crippen LogP contribution is 2.16. The van der Waals surface area contributed by atoms with E-state index >= 15 is 0 Å². The minimum absolute atomic E-state index is 0.0586. The molecule has 13 heteroatoms. The topological polar surface area (TPSA) is 162 Å². The summed E-state index contributed by atoms with van der Waals surface area (Å²) in [6.07, 6.45) is 0.921. The van der Waals surface area contributed by atoms with Gasteiger partial charge in [0.2, 0.25) is 20.0 Å². The van der Waals surface area contributed by atoms with E-state index in [0.29, 0.717) is 0 Å². The molecule has 1 aromatic rings. The van der Waals surface area contributed by atoms with Gasteiger partial charge in [0.1, 0.15) is 0 Å². The van der Waals surface area contributed by atoms with Crippen LogP contribution in [0.3, 0.4) is 0 Å². The molecule has 0 saturated carbocycles. The van der Waals surface area contributed by atoms with E-state index in [-0.39, 0.29) is 10.6 Å². The number of rotatable bonds is 8. The largest absolute Gasteiger partial charge is 0.284 e. The summed E-state index contributed by atoms with van der Waals surface area (Å²) in [5, 5.41) is 0. The van der Waals surface area contributed by atoms with Crippen LogP contribution in [-0.4, -0.2) is 43.8 Å². The smallest absolute Gasteiger partial charge is 0.284 e. The fourth-order valence-electron chi connectivity index (χ4n) is 1.37. The van der Waals surface area contributed by atoms with Gasteiger partial charge in [-0.1, -0.05) is 6.07 Å². The van der Waals surface area contributed by atoms with E-state index in [4.69, 9.17) is 0 Å². The molecule has 0 aliphatic carbocycles. The van der Waals surface area contributed by atoms with Crippen LogP contribution in [-0.2, 0) is 34.4 Å². The van der Waals surface area contributed by atoms with Crippen LogP contribution in [0.5, 0.6) is 0 Å². The van der Waals surface area contributed by atoms with Crippen LogP contribution < -0.4 is 15.3 Å². The van der Waals surface area contributed by atoms with Crippen LogP contribution in [0.4, 0.5) is 5.69 Å². The molecule has 0 aliphatic rings. The zero-order chi connectivity index (χ0) is 17.0. The van der Waals surface area contributed by atoms with Gasteiger partial charge in [-0.15, -0.1) is 0 Å². The van der Waals surface area contributed by atoms with Crippen LogP contribution in [0.15, 0.2) is 29.2 Å². The van der Waals surface area contributed by atoms with Crippen molar-refractivity contribution in [2.24, 2.45) is 5.90 Å². The third-order valence-corrected chi connectivity index (χ3v) is 5.30. The molecule has 126 valence electrons. The predicted molar refractivity (Wildman–Crippen MR) is 79.2 cm³/mol. The van der Waals surface area contributed by atoms with Crippen molar-refractivity contribution >= 4 is 35.9 Å². The second-order valence-corrected chi connectivity index (χ2v) is 9.39. The minimum Gasteiger partial charge on any atom is -0.284 e. The van der Waals surface area contributed by atoms with Crippen molar-refractivity contribution in [1.82, 2.24) is 4.72 Å². The van der Waals surface area contributed by atoms with Gasteiger partial charge in [-0.05, 0) is 18.2 Å². The van der Waals surface area contributed by atoms with Crippen molar-refractivity contribution in [3.8, 4) is 0 Å². The number of nitrogens with one attached hydrogen (secondary N) is 2. The average Bonchev–Trinajstić information content (AvgIpc) is 2.36. The van der Waals surface area contributed by atoms with E-state index < -0.39 is 42.5 Å². The molecule has 0 saturated heterocycles. The summed E-state index contributed by atoms with van der Waals surface area (Å²) in [6, 6.07) is 5.02. The second kappa shape index (κ2) is 6.89. The van der Waals surface area contributed by atoms with E-state index in [0.717, 1.165) is 12.3 Å². The van der Waals surface area contributed by atoms with Gasteiger partial charge >= 0.3 is 0 Å². The Balaban J connectivity index is 2.88. The first-order valence-electron chi connectivity index (χ1n) is 5.64. The molecule has 4 N–H and O–H groups in total. The molecule has 0 aliphatic heterocycles. The molecular weight excluding hydrogens is 358 g/mol. The molecule has 22 heavy (non-hydrogen) atoms. The lowest BCUT2D eigenvalue weighted by atomic mass is 10.3. The van der Waals surface area contributed by atoms with Gasteiger partial charge < -0.3 is 0 Å². The van der Waals surface area contributed by atoms with Crippen molar-refractivity contribution in [3.05, 3.63) is 24.3 Å². The lowest BCUT2D eigenvalue weighted by Crippen LogP contribution is -2.30. The Bertz CT molecular complexity index is 831. The normalized spacial score (nSPS) is 13.0. The Labute approximate surface area is 128 Å². The average molecular weight is 373 g/mol. The van der Waals surface area contributed by atoms with Gasteiger partial charge in [0, 0.05) is 12.2 Å². The first kappa shape index (κ1) is 18.8. The first-order valence-corrected chi connectivity index (χ1v) is 10.6. The molecule has 1 aromatic carbocycles. The van der Waals surface area contributed by atoms with Gasteiger partial charge in [0.25, 0.3) is 10.1 Å². The van der Waals surface area contributed by atoms with E-state index in [2.05, 4.69) is 14.9 Å². The highest BCUT2D eigenvalue weighted by molar-refractivity contribution is 7.92. The number of sulfonamides is 2. The summed E-state index contributed by atoms with van der Waals surface area (Å²) in [5.41, 5.74) is 0.0586. The SMILES string of the molecule is CS(=O)(=O)Nc1cccc(S(=O)(=O)NCCS(=O)(=O)ON)c1. The van der Waals surface area contributed by atoms with Gasteiger partial charge in [-0.25, -0.2) is 21.6 Å². The van der Waals surface area contributed by atoms with Gasteiger partial charge in [0.05, 0.1) is 16.9 Å². The van der Waals surface area contributed by atoms with Crippen LogP contribution in [0.1, 0.15) is 0 Å². The summed E-state index contributed by atoms with van der Waals surface area (Å²) in [6.45, 7) is -0.453. The van der Waals surface area contributed by atoms with Gasteiger partial charge in [-0.3, -0.25) is 4.72 Å². The number of hydrogen-bond acceptors (Lipinski definition) is 8. The van der Waals surface area contributed by atoms with E-state index in [1.165, 1.54) is 18.2 Å². The fourth-order valence-corrected chi connectivity index (χ4v) is 3.58. The molecule has 0 spiro atoms.